The fourth-order valence-electron chi connectivity index (χ4n) is 2.26. The molecule has 0 spiro atoms. The maximum absolute atomic E-state index is 6.27. The second kappa shape index (κ2) is 5.58. The highest BCUT2D eigenvalue weighted by Crippen LogP contribution is 2.35. The number of hydrogen-bond acceptors (Lipinski definition) is 3. The predicted molar refractivity (Wildman–Crippen MR) is 88.4 cm³/mol. The largest absolute Gasteiger partial charge is 0.454 e. The van der Waals surface area contributed by atoms with Gasteiger partial charge in [0, 0.05) is 11.9 Å². The second-order valence-electron chi connectivity index (χ2n) is 4.78. The van der Waals surface area contributed by atoms with Crippen LogP contribution in [0.25, 0.3) is 22.4 Å². The minimum absolute atomic E-state index is 0.471. The number of fused-ring (bicyclic) bond motifs is 1. The van der Waals surface area contributed by atoms with Crippen LogP contribution in [-0.4, -0.2) is 11.5 Å². The van der Waals surface area contributed by atoms with E-state index in [2.05, 4.69) is 10.3 Å². The van der Waals surface area contributed by atoms with E-state index in [9.17, 15) is 0 Å². The van der Waals surface area contributed by atoms with E-state index in [-0.39, 0.29) is 0 Å². The van der Waals surface area contributed by atoms with Crippen molar-refractivity contribution in [1.29, 1.82) is 0 Å². The van der Waals surface area contributed by atoms with E-state index in [0.29, 0.717) is 27.3 Å². The van der Waals surface area contributed by atoms with Gasteiger partial charge in [0.1, 0.15) is 17.1 Å². The Morgan fingerprint density at radius 2 is 2.00 bits per heavy atom. The van der Waals surface area contributed by atoms with Gasteiger partial charge in [0.25, 0.3) is 0 Å². The zero-order valence-corrected chi connectivity index (χ0v) is 13.2. The molecule has 0 atom stereocenters. The maximum atomic E-state index is 6.27. The molecule has 0 saturated heterocycles. The Bertz CT molecular complexity index is 811. The van der Waals surface area contributed by atoms with Crippen molar-refractivity contribution < 1.29 is 4.42 Å². The van der Waals surface area contributed by atoms with Crippen LogP contribution >= 0.6 is 23.2 Å². The highest BCUT2D eigenvalue weighted by molar-refractivity contribution is 6.37. The van der Waals surface area contributed by atoms with E-state index < -0.39 is 0 Å². The molecule has 0 bridgehead atoms. The molecule has 3 rings (SSSR count). The summed E-state index contributed by atoms with van der Waals surface area (Å²) < 4.78 is 5.92. The Labute approximate surface area is 132 Å². The van der Waals surface area contributed by atoms with Gasteiger partial charge in [-0.3, -0.25) is 0 Å². The zero-order valence-electron chi connectivity index (χ0n) is 11.7. The molecule has 2 heterocycles. The third-order valence-electron chi connectivity index (χ3n) is 3.25. The summed E-state index contributed by atoms with van der Waals surface area (Å²) in [6.45, 7) is 4.72. The minimum atomic E-state index is 0.471. The van der Waals surface area contributed by atoms with Gasteiger partial charge in [-0.2, -0.15) is 0 Å². The average Bonchev–Trinajstić information content (AvgIpc) is 2.87. The molecule has 0 saturated carbocycles. The number of aromatic nitrogens is 1. The second-order valence-corrected chi connectivity index (χ2v) is 5.60. The van der Waals surface area contributed by atoms with Gasteiger partial charge in [0.05, 0.1) is 10.0 Å². The summed E-state index contributed by atoms with van der Waals surface area (Å²) in [5.41, 5.74) is 2.52. The highest BCUT2D eigenvalue weighted by Gasteiger charge is 2.15. The Morgan fingerprint density at radius 1 is 1.19 bits per heavy atom. The van der Waals surface area contributed by atoms with Gasteiger partial charge in [-0.1, -0.05) is 41.4 Å². The van der Waals surface area contributed by atoms with E-state index in [0.717, 1.165) is 23.1 Å². The molecule has 0 aliphatic heterocycles. The van der Waals surface area contributed by atoms with Gasteiger partial charge in [0.2, 0.25) is 0 Å². The van der Waals surface area contributed by atoms with Crippen molar-refractivity contribution in [2.45, 2.75) is 13.8 Å². The molecule has 0 fully saturated rings. The number of furan rings is 1. The van der Waals surface area contributed by atoms with E-state index in [1.54, 1.807) is 6.07 Å². The standard InChI is InChI=1S/C16H14Cl2N2O/c1-3-19-16-12(18)8-11(17)14(20-16)13-7-10-6-4-5-9(2)15(10)21-13/h4-8H,3H2,1-2H3,(H,19,20). The molecule has 0 unspecified atom stereocenters. The van der Waals surface area contributed by atoms with Crippen molar-refractivity contribution in [3.8, 4) is 11.5 Å². The number of rotatable bonds is 3. The molecule has 21 heavy (non-hydrogen) atoms. The van der Waals surface area contributed by atoms with Crippen LogP contribution in [-0.2, 0) is 0 Å². The number of para-hydroxylation sites is 1. The lowest BCUT2D eigenvalue weighted by Crippen LogP contribution is -2.01. The molecule has 0 aliphatic rings. The fraction of sp³-hybridized carbons (Fsp3) is 0.188. The first-order valence-corrected chi connectivity index (χ1v) is 7.45. The fourth-order valence-corrected chi connectivity index (χ4v) is 2.77. The maximum Gasteiger partial charge on any atom is 0.155 e. The molecule has 0 radical (unpaired) electrons. The monoisotopic (exact) mass is 320 g/mol. The summed E-state index contributed by atoms with van der Waals surface area (Å²) in [5.74, 6) is 1.25. The van der Waals surface area contributed by atoms with Crippen LogP contribution in [0.1, 0.15) is 12.5 Å². The van der Waals surface area contributed by atoms with Gasteiger partial charge >= 0.3 is 0 Å². The molecule has 3 nitrogen and oxygen atoms in total. The van der Waals surface area contributed by atoms with E-state index in [4.69, 9.17) is 27.6 Å². The number of halogens is 2. The number of nitrogens with one attached hydrogen (secondary N) is 1. The molecule has 108 valence electrons. The molecule has 0 amide bonds. The van der Waals surface area contributed by atoms with Crippen LogP contribution in [0.2, 0.25) is 10.0 Å². The van der Waals surface area contributed by atoms with Crippen molar-refractivity contribution in [3.63, 3.8) is 0 Å². The Balaban J connectivity index is 2.17. The zero-order chi connectivity index (χ0) is 15.0. The third-order valence-corrected chi connectivity index (χ3v) is 3.82. The molecule has 5 heteroatoms. The summed E-state index contributed by atoms with van der Waals surface area (Å²) in [7, 11) is 0. The van der Waals surface area contributed by atoms with Crippen LogP contribution in [0.4, 0.5) is 5.82 Å². The number of pyridine rings is 1. The predicted octanol–water partition coefficient (Wildman–Crippen LogP) is 5.54. The van der Waals surface area contributed by atoms with Gasteiger partial charge in [-0.15, -0.1) is 0 Å². The lowest BCUT2D eigenvalue weighted by Gasteiger charge is -2.08. The van der Waals surface area contributed by atoms with Crippen molar-refractivity contribution >= 4 is 40.0 Å². The third kappa shape index (κ3) is 2.59. The molecule has 1 N–H and O–H groups in total. The number of nitrogens with zero attached hydrogens (tertiary/aromatic N) is 1. The smallest absolute Gasteiger partial charge is 0.155 e. The van der Waals surface area contributed by atoms with Crippen LogP contribution < -0.4 is 5.32 Å². The summed E-state index contributed by atoms with van der Waals surface area (Å²) in [6.07, 6.45) is 0. The number of anilines is 1. The molecule has 2 aromatic heterocycles. The Morgan fingerprint density at radius 3 is 2.71 bits per heavy atom. The van der Waals surface area contributed by atoms with Crippen molar-refractivity contribution in [2.24, 2.45) is 0 Å². The van der Waals surface area contributed by atoms with Gasteiger partial charge in [-0.25, -0.2) is 4.98 Å². The van der Waals surface area contributed by atoms with Crippen LogP contribution in [0.15, 0.2) is 34.7 Å². The summed E-state index contributed by atoms with van der Waals surface area (Å²) in [4.78, 5) is 4.49. The summed E-state index contributed by atoms with van der Waals surface area (Å²) in [5, 5.41) is 5.11. The van der Waals surface area contributed by atoms with E-state index >= 15 is 0 Å². The number of aryl methyl sites for hydroxylation is 1. The van der Waals surface area contributed by atoms with Gasteiger partial charge in [-0.05, 0) is 31.5 Å². The molecule has 1 aromatic carbocycles. The number of hydrogen-bond donors (Lipinski definition) is 1. The van der Waals surface area contributed by atoms with Gasteiger partial charge in [0.15, 0.2) is 5.76 Å². The van der Waals surface area contributed by atoms with Crippen LogP contribution in [0.5, 0.6) is 0 Å². The Hall–Kier alpha value is -1.71. The topological polar surface area (TPSA) is 38.1 Å². The molecule has 0 aliphatic carbocycles. The minimum Gasteiger partial charge on any atom is -0.454 e. The normalized spacial score (nSPS) is 11.0. The number of benzene rings is 1. The SMILES string of the molecule is CCNc1nc(-c2cc3cccc(C)c3o2)c(Cl)cc1Cl. The van der Waals surface area contributed by atoms with Gasteiger partial charge < -0.3 is 9.73 Å². The quantitative estimate of drug-likeness (QED) is 0.688. The van der Waals surface area contributed by atoms with Crippen molar-refractivity contribution in [2.75, 3.05) is 11.9 Å². The molecule has 3 aromatic rings. The first-order valence-electron chi connectivity index (χ1n) is 6.69. The van der Waals surface area contributed by atoms with E-state index in [1.165, 1.54) is 0 Å². The van der Waals surface area contributed by atoms with Crippen LogP contribution in [0, 0.1) is 6.92 Å². The lowest BCUT2D eigenvalue weighted by atomic mass is 10.2. The Kier molecular flexibility index (Phi) is 3.79. The first-order chi connectivity index (χ1) is 10.1. The van der Waals surface area contributed by atoms with Crippen LogP contribution in [0.3, 0.4) is 0 Å². The summed E-state index contributed by atoms with van der Waals surface area (Å²) in [6, 6.07) is 9.64. The van der Waals surface area contributed by atoms with Crippen molar-refractivity contribution in [3.05, 3.63) is 45.9 Å². The van der Waals surface area contributed by atoms with E-state index in [1.807, 2.05) is 38.1 Å². The summed E-state index contributed by atoms with van der Waals surface area (Å²) >= 11 is 12.4. The molecular weight excluding hydrogens is 307 g/mol. The molecular formula is C16H14Cl2N2O. The first kappa shape index (κ1) is 14.2. The lowest BCUT2D eigenvalue weighted by molar-refractivity contribution is 0.626. The average molecular weight is 321 g/mol. The van der Waals surface area contributed by atoms with Crippen molar-refractivity contribution in [1.82, 2.24) is 4.98 Å². The highest BCUT2D eigenvalue weighted by atomic mass is 35.5.